The highest BCUT2D eigenvalue weighted by Crippen LogP contribution is 2.26. The number of aromatic nitrogens is 3. The van der Waals surface area contributed by atoms with Crippen LogP contribution in [-0.4, -0.2) is 27.8 Å². The maximum atomic E-state index is 12.9. The largest absolute Gasteiger partial charge is 0.494 e. The minimum Gasteiger partial charge on any atom is -0.494 e. The van der Waals surface area contributed by atoms with Crippen molar-refractivity contribution in [2.24, 2.45) is 0 Å². The number of hydrogen-bond acceptors (Lipinski definition) is 6. The Morgan fingerprint density at radius 1 is 1.12 bits per heavy atom. The first kappa shape index (κ1) is 21.4. The number of fused-ring (bicyclic) bond motifs is 2. The molecule has 0 radical (unpaired) electrons. The van der Waals surface area contributed by atoms with E-state index in [9.17, 15) is 4.79 Å². The summed E-state index contributed by atoms with van der Waals surface area (Å²) < 4.78 is 13.6. The fourth-order valence-electron chi connectivity index (χ4n) is 3.76. The second-order valence-electron chi connectivity index (χ2n) is 8.02. The molecule has 0 saturated heterocycles. The lowest BCUT2D eigenvalue weighted by Gasteiger charge is -2.15. The van der Waals surface area contributed by atoms with Crippen molar-refractivity contribution in [2.45, 2.75) is 32.6 Å². The first-order valence-corrected chi connectivity index (χ1v) is 12.1. The Labute approximate surface area is 195 Å². The van der Waals surface area contributed by atoms with Gasteiger partial charge in [-0.15, -0.1) is 5.10 Å². The number of unbranched alkanes of at least 4 members (excludes halogenated alkanes) is 3. The Morgan fingerprint density at radius 2 is 1.97 bits per heavy atom. The zero-order chi connectivity index (χ0) is 22.6. The van der Waals surface area contributed by atoms with Crippen molar-refractivity contribution < 1.29 is 9.47 Å². The van der Waals surface area contributed by atoms with Gasteiger partial charge in [0.2, 0.25) is 4.96 Å². The summed E-state index contributed by atoms with van der Waals surface area (Å²) in [5, 5.41) is 4.45. The summed E-state index contributed by atoms with van der Waals surface area (Å²) in [5.41, 5.74) is 2.65. The topological polar surface area (TPSA) is 65.7 Å². The average molecular weight is 460 g/mol. The summed E-state index contributed by atoms with van der Waals surface area (Å²) in [6.07, 6.45) is 8.63. The predicted molar refractivity (Wildman–Crippen MR) is 132 cm³/mol. The summed E-state index contributed by atoms with van der Waals surface area (Å²) in [6.45, 7) is 3.36. The van der Waals surface area contributed by atoms with Gasteiger partial charge in [-0.3, -0.25) is 4.79 Å². The van der Waals surface area contributed by atoms with Crippen LogP contribution in [0.4, 0.5) is 0 Å². The monoisotopic (exact) mass is 459 g/mol. The van der Waals surface area contributed by atoms with Crippen LogP contribution in [0.2, 0.25) is 0 Å². The molecule has 168 valence electrons. The molecule has 33 heavy (non-hydrogen) atoms. The lowest BCUT2D eigenvalue weighted by Crippen LogP contribution is -2.24. The molecule has 0 saturated carbocycles. The highest BCUT2D eigenvalue weighted by Gasteiger charge is 2.14. The molecule has 7 heteroatoms. The molecule has 0 aliphatic carbocycles. The van der Waals surface area contributed by atoms with E-state index >= 15 is 0 Å². The van der Waals surface area contributed by atoms with Gasteiger partial charge in [-0.2, -0.15) is 9.50 Å². The van der Waals surface area contributed by atoms with Crippen molar-refractivity contribution in [3.63, 3.8) is 0 Å². The Hall–Kier alpha value is -3.45. The fourth-order valence-corrected chi connectivity index (χ4v) is 4.68. The smallest absolute Gasteiger partial charge is 0.291 e. The Bertz CT molecular complexity index is 1400. The molecule has 1 aliphatic heterocycles. The van der Waals surface area contributed by atoms with Gasteiger partial charge in [-0.1, -0.05) is 55.7 Å². The van der Waals surface area contributed by atoms with E-state index in [1.807, 2.05) is 60.7 Å². The van der Waals surface area contributed by atoms with E-state index in [4.69, 9.17) is 9.47 Å². The molecular weight excluding hydrogens is 434 g/mol. The van der Waals surface area contributed by atoms with Crippen LogP contribution in [0.5, 0.6) is 11.5 Å². The standard InChI is InChI=1S/C26H25N3O3S/c1-2-3-4-7-14-31-21-12-10-19(11-13-21)24-27-26-29(28-24)25(30)23(33-26)16-18-15-20-8-5-6-9-22(20)32-17-18/h5-6,8-13,15-16H,2-4,7,14,17H2,1H3. The minimum atomic E-state index is -0.166. The van der Waals surface area contributed by atoms with Crippen molar-refractivity contribution in [1.29, 1.82) is 0 Å². The molecule has 0 amide bonds. The van der Waals surface area contributed by atoms with Gasteiger partial charge in [-0.05, 0) is 54.5 Å². The third-order valence-electron chi connectivity index (χ3n) is 5.53. The molecule has 3 heterocycles. The molecule has 0 N–H and O–H groups in total. The SMILES string of the molecule is CCCCCCOc1ccc(-c2nc3sc(=CC4=Cc5ccccc5OC4)c(=O)n3n2)cc1. The van der Waals surface area contributed by atoms with E-state index in [2.05, 4.69) is 17.0 Å². The number of benzene rings is 2. The first-order valence-electron chi connectivity index (χ1n) is 11.3. The number of thiazole rings is 1. The van der Waals surface area contributed by atoms with Crippen molar-refractivity contribution in [3.05, 3.63) is 74.6 Å². The molecule has 0 atom stereocenters. The predicted octanol–water partition coefficient (Wildman–Crippen LogP) is 4.75. The number of nitrogens with zero attached hydrogens (tertiary/aromatic N) is 3. The molecule has 6 nitrogen and oxygen atoms in total. The molecule has 1 aliphatic rings. The quantitative estimate of drug-likeness (QED) is 0.356. The zero-order valence-electron chi connectivity index (χ0n) is 18.5. The first-order chi connectivity index (χ1) is 16.2. The van der Waals surface area contributed by atoms with Gasteiger partial charge in [0.05, 0.1) is 11.1 Å². The molecule has 2 aromatic heterocycles. The lowest BCUT2D eigenvalue weighted by atomic mass is 10.1. The van der Waals surface area contributed by atoms with Gasteiger partial charge in [0.15, 0.2) is 5.82 Å². The van der Waals surface area contributed by atoms with Crippen molar-refractivity contribution in [1.82, 2.24) is 14.6 Å². The van der Waals surface area contributed by atoms with Gasteiger partial charge >= 0.3 is 0 Å². The van der Waals surface area contributed by atoms with Crippen molar-refractivity contribution in [3.8, 4) is 22.9 Å². The van der Waals surface area contributed by atoms with Crippen molar-refractivity contribution >= 4 is 28.4 Å². The second kappa shape index (κ2) is 9.58. The fraction of sp³-hybridized carbons (Fsp3) is 0.269. The van der Waals surface area contributed by atoms with Gasteiger partial charge in [-0.25, -0.2) is 0 Å². The molecule has 0 unspecified atom stereocenters. The molecule has 0 bridgehead atoms. The van der Waals surface area contributed by atoms with Gasteiger partial charge < -0.3 is 9.47 Å². The maximum absolute atomic E-state index is 12.9. The van der Waals surface area contributed by atoms with E-state index in [-0.39, 0.29) is 5.56 Å². The Morgan fingerprint density at radius 3 is 2.79 bits per heavy atom. The highest BCUT2D eigenvalue weighted by atomic mass is 32.1. The van der Waals surface area contributed by atoms with Crippen LogP contribution in [0.15, 0.2) is 58.9 Å². The van der Waals surface area contributed by atoms with E-state index in [0.717, 1.165) is 41.2 Å². The van der Waals surface area contributed by atoms with Crippen LogP contribution in [0.1, 0.15) is 38.2 Å². The van der Waals surface area contributed by atoms with Crippen LogP contribution < -0.4 is 19.6 Å². The Balaban J connectivity index is 1.33. The number of ether oxygens (including phenoxy) is 2. The van der Waals surface area contributed by atoms with E-state index < -0.39 is 0 Å². The van der Waals surface area contributed by atoms with Crippen molar-refractivity contribution in [2.75, 3.05) is 13.2 Å². The van der Waals surface area contributed by atoms with Crippen LogP contribution in [0, 0.1) is 0 Å². The van der Waals surface area contributed by atoms with E-state index in [1.165, 1.54) is 35.1 Å². The second-order valence-corrected chi connectivity index (χ2v) is 9.03. The van der Waals surface area contributed by atoms with Gasteiger partial charge in [0.1, 0.15) is 18.1 Å². The van der Waals surface area contributed by atoms with Crippen LogP contribution in [-0.2, 0) is 0 Å². The third kappa shape index (κ3) is 4.68. The summed E-state index contributed by atoms with van der Waals surface area (Å²) in [6, 6.07) is 15.6. The normalized spacial score (nSPS) is 13.6. The molecule has 2 aromatic carbocycles. The molecule has 0 fully saturated rings. The van der Waals surface area contributed by atoms with Gasteiger partial charge in [0, 0.05) is 11.1 Å². The van der Waals surface area contributed by atoms with Crippen LogP contribution in [0.25, 0.3) is 28.5 Å². The van der Waals surface area contributed by atoms with Crippen LogP contribution >= 0.6 is 11.3 Å². The van der Waals surface area contributed by atoms with Gasteiger partial charge in [0.25, 0.3) is 5.56 Å². The van der Waals surface area contributed by atoms with Crippen LogP contribution in [0.3, 0.4) is 0 Å². The third-order valence-corrected chi connectivity index (χ3v) is 6.49. The minimum absolute atomic E-state index is 0.166. The molecular formula is C26H25N3O3S. The van der Waals surface area contributed by atoms with E-state index in [0.29, 0.717) is 21.9 Å². The summed E-state index contributed by atoms with van der Waals surface area (Å²) >= 11 is 1.34. The number of hydrogen-bond donors (Lipinski definition) is 0. The Kier molecular flexibility index (Phi) is 6.21. The molecule has 4 aromatic rings. The number of rotatable bonds is 8. The van der Waals surface area contributed by atoms with E-state index in [1.54, 1.807) is 0 Å². The maximum Gasteiger partial charge on any atom is 0.291 e. The summed E-state index contributed by atoms with van der Waals surface area (Å²) in [4.78, 5) is 18.0. The average Bonchev–Trinajstić information content (AvgIpc) is 3.38. The molecule has 0 spiro atoms. The lowest BCUT2D eigenvalue weighted by molar-refractivity contribution is 0.305. The number of para-hydroxylation sites is 1. The molecule has 5 rings (SSSR count). The summed E-state index contributed by atoms with van der Waals surface area (Å²) in [5.74, 6) is 2.23. The summed E-state index contributed by atoms with van der Waals surface area (Å²) in [7, 11) is 0. The zero-order valence-corrected chi connectivity index (χ0v) is 19.3. The highest BCUT2D eigenvalue weighted by molar-refractivity contribution is 7.15.